The van der Waals surface area contributed by atoms with Gasteiger partial charge in [0, 0.05) is 48.6 Å². The summed E-state index contributed by atoms with van der Waals surface area (Å²) in [5.41, 5.74) is 2.32. The van der Waals surface area contributed by atoms with E-state index in [0.29, 0.717) is 0 Å². The van der Waals surface area contributed by atoms with E-state index in [1.165, 1.54) is 10.5 Å². The Hall–Kier alpha value is -1.60. The average Bonchev–Trinajstić information content (AvgIpc) is 2.85. The van der Waals surface area contributed by atoms with E-state index in [1.54, 1.807) is 31.0 Å². The number of fused-ring (bicyclic) bond motifs is 2. The lowest BCUT2D eigenvalue weighted by Gasteiger charge is -2.39. The van der Waals surface area contributed by atoms with Gasteiger partial charge in [-0.3, -0.25) is 9.80 Å². The lowest BCUT2D eigenvalue weighted by Crippen LogP contribution is -2.48. The molecule has 2 aromatic carbocycles. The van der Waals surface area contributed by atoms with Gasteiger partial charge in [0.1, 0.15) is 11.6 Å². The molecule has 0 aliphatic carbocycles. The van der Waals surface area contributed by atoms with Gasteiger partial charge in [0.15, 0.2) is 0 Å². The minimum atomic E-state index is -0.179. The first-order valence-corrected chi connectivity index (χ1v) is 10.2. The summed E-state index contributed by atoms with van der Waals surface area (Å²) < 4.78 is 19.5. The summed E-state index contributed by atoms with van der Waals surface area (Å²) in [4.78, 5) is 7.08. The molecule has 6 heteroatoms. The smallest absolute Gasteiger partial charge is 0.123 e. The van der Waals surface area contributed by atoms with Crippen LogP contribution < -0.4 is 4.74 Å². The first-order chi connectivity index (χ1) is 13.2. The molecule has 0 bridgehead atoms. The molecule has 2 aliphatic rings. The number of hydrogen-bond donors (Lipinski definition) is 1. The SMILES string of the molecule is COc1ccc2c(c1)CC(N1CCN(CCO)CC1)c1cc(F)ccc1S2. The van der Waals surface area contributed by atoms with Crippen LogP contribution in [0.2, 0.25) is 0 Å². The molecule has 0 saturated carbocycles. The van der Waals surface area contributed by atoms with Crippen LogP contribution in [0.3, 0.4) is 0 Å². The number of methoxy groups -OCH3 is 1. The van der Waals surface area contributed by atoms with Gasteiger partial charge in [0.2, 0.25) is 0 Å². The summed E-state index contributed by atoms with van der Waals surface area (Å²) in [7, 11) is 1.69. The van der Waals surface area contributed by atoms with Crippen LogP contribution in [0, 0.1) is 5.82 Å². The van der Waals surface area contributed by atoms with E-state index in [4.69, 9.17) is 4.74 Å². The molecule has 2 aliphatic heterocycles. The second-order valence-electron chi connectivity index (χ2n) is 7.08. The minimum absolute atomic E-state index is 0.146. The van der Waals surface area contributed by atoms with E-state index in [1.807, 2.05) is 12.1 Å². The molecule has 4 nitrogen and oxygen atoms in total. The summed E-state index contributed by atoms with van der Waals surface area (Å²) >= 11 is 1.72. The minimum Gasteiger partial charge on any atom is -0.497 e. The predicted molar refractivity (Wildman–Crippen MR) is 105 cm³/mol. The number of halogens is 1. The van der Waals surface area contributed by atoms with Crippen molar-refractivity contribution in [2.24, 2.45) is 0 Å². The maximum Gasteiger partial charge on any atom is 0.123 e. The lowest BCUT2D eigenvalue weighted by atomic mass is 9.96. The molecule has 1 atom stereocenters. The Morgan fingerprint density at radius 1 is 1.11 bits per heavy atom. The molecule has 1 fully saturated rings. The first-order valence-electron chi connectivity index (χ1n) is 9.39. The largest absolute Gasteiger partial charge is 0.497 e. The Morgan fingerprint density at radius 2 is 1.89 bits per heavy atom. The van der Waals surface area contributed by atoms with Crippen molar-refractivity contribution in [3.05, 3.63) is 53.3 Å². The normalized spacial score (nSPS) is 20.6. The second kappa shape index (κ2) is 8.19. The Labute approximate surface area is 163 Å². The molecule has 1 unspecified atom stereocenters. The van der Waals surface area contributed by atoms with Crippen molar-refractivity contribution in [1.82, 2.24) is 9.80 Å². The van der Waals surface area contributed by atoms with Crippen LogP contribution >= 0.6 is 11.8 Å². The van der Waals surface area contributed by atoms with Crippen LogP contribution in [0.5, 0.6) is 5.75 Å². The third-order valence-electron chi connectivity index (χ3n) is 5.50. The number of hydrogen-bond acceptors (Lipinski definition) is 5. The molecule has 2 aromatic rings. The Balaban J connectivity index is 1.67. The fraction of sp³-hybridized carbons (Fsp3) is 0.429. The van der Waals surface area contributed by atoms with Gasteiger partial charge in [0.05, 0.1) is 13.7 Å². The van der Waals surface area contributed by atoms with Crippen LogP contribution in [0.1, 0.15) is 17.2 Å². The molecule has 27 heavy (non-hydrogen) atoms. The van der Waals surface area contributed by atoms with Crippen LogP contribution in [0.4, 0.5) is 4.39 Å². The second-order valence-corrected chi connectivity index (χ2v) is 8.16. The highest BCUT2D eigenvalue weighted by atomic mass is 32.2. The fourth-order valence-electron chi connectivity index (χ4n) is 4.02. The van der Waals surface area contributed by atoms with Crippen LogP contribution in [0.15, 0.2) is 46.2 Å². The summed E-state index contributed by atoms with van der Waals surface area (Å²) in [6, 6.07) is 11.5. The van der Waals surface area contributed by atoms with E-state index in [0.717, 1.165) is 55.4 Å². The number of aliphatic hydroxyl groups is 1. The van der Waals surface area contributed by atoms with Gasteiger partial charge in [-0.05, 0) is 53.9 Å². The molecule has 0 radical (unpaired) electrons. The molecule has 144 valence electrons. The molecule has 2 heterocycles. The van der Waals surface area contributed by atoms with Crippen molar-refractivity contribution >= 4 is 11.8 Å². The monoisotopic (exact) mass is 388 g/mol. The van der Waals surface area contributed by atoms with E-state index in [2.05, 4.69) is 21.9 Å². The highest BCUT2D eigenvalue weighted by Crippen LogP contribution is 2.44. The Kier molecular flexibility index (Phi) is 5.68. The molecular formula is C21H25FN2O2S. The zero-order chi connectivity index (χ0) is 18.8. The third kappa shape index (κ3) is 3.99. The summed E-state index contributed by atoms with van der Waals surface area (Å²) in [5, 5.41) is 9.18. The van der Waals surface area contributed by atoms with Crippen LogP contribution in [-0.2, 0) is 6.42 Å². The van der Waals surface area contributed by atoms with Gasteiger partial charge < -0.3 is 9.84 Å². The summed E-state index contributed by atoms with van der Waals surface area (Å²) in [5.74, 6) is 0.680. The number of benzene rings is 2. The van der Waals surface area contributed by atoms with Crippen molar-refractivity contribution in [2.75, 3.05) is 46.4 Å². The molecule has 1 saturated heterocycles. The topological polar surface area (TPSA) is 35.9 Å². The lowest BCUT2D eigenvalue weighted by molar-refractivity contribution is 0.0822. The Morgan fingerprint density at radius 3 is 2.63 bits per heavy atom. The number of rotatable bonds is 4. The molecule has 0 spiro atoms. The van der Waals surface area contributed by atoms with Crippen molar-refractivity contribution in [3.63, 3.8) is 0 Å². The molecule has 0 amide bonds. The summed E-state index contributed by atoms with van der Waals surface area (Å²) in [6.45, 7) is 4.62. The zero-order valence-electron chi connectivity index (χ0n) is 15.5. The molecular weight excluding hydrogens is 363 g/mol. The van der Waals surface area contributed by atoms with Crippen LogP contribution in [0.25, 0.3) is 0 Å². The maximum atomic E-state index is 14.1. The van der Waals surface area contributed by atoms with Crippen molar-refractivity contribution in [2.45, 2.75) is 22.3 Å². The molecule has 0 aromatic heterocycles. The van der Waals surface area contributed by atoms with Gasteiger partial charge >= 0.3 is 0 Å². The number of ether oxygens (including phenoxy) is 1. The maximum absolute atomic E-state index is 14.1. The van der Waals surface area contributed by atoms with Gasteiger partial charge in [-0.2, -0.15) is 0 Å². The van der Waals surface area contributed by atoms with E-state index < -0.39 is 0 Å². The van der Waals surface area contributed by atoms with Crippen molar-refractivity contribution < 1.29 is 14.2 Å². The van der Waals surface area contributed by atoms with Gasteiger partial charge in [-0.25, -0.2) is 4.39 Å². The number of nitrogens with zero attached hydrogens (tertiary/aromatic N) is 2. The van der Waals surface area contributed by atoms with E-state index >= 15 is 0 Å². The summed E-state index contributed by atoms with van der Waals surface area (Å²) in [6.07, 6.45) is 0.843. The van der Waals surface area contributed by atoms with Crippen molar-refractivity contribution in [1.29, 1.82) is 0 Å². The van der Waals surface area contributed by atoms with Gasteiger partial charge in [-0.15, -0.1) is 0 Å². The molecule has 4 rings (SSSR count). The predicted octanol–water partition coefficient (Wildman–Crippen LogP) is 3.19. The highest BCUT2D eigenvalue weighted by molar-refractivity contribution is 7.99. The Bertz CT molecular complexity index is 809. The quantitative estimate of drug-likeness (QED) is 0.871. The number of aliphatic hydroxyl groups excluding tert-OH is 1. The zero-order valence-corrected chi connectivity index (χ0v) is 16.3. The van der Waals surface area contributed by atoms with E-state index in [-0.39, 0.29) is 18.5 Å². The standard InChI is InChI=1S/C21H25FN2O2S/c1-26-17-3-5-20-15(12-17)13-19(18-14-16(22)2-4-21(18)27-20)24-8-6-23(7-9-24)10-11-25/h2-5,12,14,19,25H,6-11,13H2,1H3. The number of β-amino-alcohol motifs (C(OH)–C–C–N with tert-alkyl or cyclic N) is 1. The fourth-order valence-corrected chi connectivity index (χ4v) is 5.11. The molecule has 1 N–H and O–H groups in total. The van der Waals surface area contributed by atoms with Crippen molar-refractivity contribution in [3.8, 4) is 5.75 Å². The van der Waals surface area contributed by atoms with Gasteiger partial charge in [0.25, 0.3) is 0 Å². The van der Waals surface area contributed by atoms with Crippen LogP contribution in [-0.4, -0.2) is 61.3 Å². The third-order valence-corrected chi connectivity index (χ3v) is 6.71. The first kappa shape index (κ1) is 18.7. The van der Waals surface area contributed by atoms with E-state index in [9.17, 15) is 9.50 Å². The number of piperazine rings is 1. The highest BCUT2D eigenvalue weighted by Gasteiger charge is 2.30. The van der Waals surface area contributed by atoms with Gasteiger partial charge in [-0.1, -0.05) is 11.8 Å². The average molecular weight is 389 g/mol.